The molecule has 0 aromatic heterocycles. The summed E-state index contributed by atoms with van der Waals surface area (Å²) in [5, 5.41) is 0. The first-order valence-corrected chi connectivity index (χ1v) is 3.94. The van der Waals surface area contributed by atoms with Gasteiger partial charge in [-0.1, -0.05) is 13.8 Å². The second-order valence-electron chi connectivity index (χ2n) is 2.35. The van der Waals surface area contributed by atoms with Crippen LogP contribution in [-0.2, 0) is 14.3 Å². The van der Waals surface area contributed by atoms with Crippen LogP contribution in [0.25, 0.3) is 0 Å². The summed E-state index contributed by atoms with van der Waals surface area (Å²) in [6, 6.07) is 0. The molecule has 0 fully saturated rings. The Morgan fingerprint density at radius 3 is 1.54 bits per heavy atom. The molecular formula is C8H16K2O3. The Bertz CT molecular complexity index is 141. The van der Waals surface area contributed by atoms with Crippen LogP contribution in [0.2, 0.25) is 0 Å². The van der Waals surface area contributed by atoms with Crippen molar-refractivity contribution in [1.82, 2.24) is 0 Å². The molecule has 0 saturated heterocycles. The Kier molecular flexibility index (Phi) is 23.0. The molecule has 5 heteroatoms. The third kappa shape index (κ3) is 14.4. The van der Waals surface area contributed by atoms with Gasteiger partial charge in [0.15, 0.2) is 0 Å². The zero-order valence-electron chi connectivity index (χ0n) is 11.1. The predicted octanol–water partition coefficient (Wildman–Crippen LogP) is -4.11. The van der Waals surface area contributed by atoms with Crippen LogP contribution in [0.5, 0.6) is 0 Å². The van der Waals surface area contributed by atoms with E-state index in [1.807, 2.05) is 13.8 Å². The van der Waals surface area contributed by atoms with E-state index in [4.69, 9.17) is 0 Å². The quantitative estimate of drug-likeness (QED) is 0.284. The van der Waals surface area contributed by atoms with Crippen molar-refractivity contribution >= 4 is 11.9 Å². The van der Waals surface area contributed by atoms with E-state index in [1.165, 1.54) is 0 Å². The summed E-state index contributed by atoms with van der Waals surface area (Å²) in [5.74, 6) is -0.822. The predicted molar refractivity (Wildman–Crippen MR) is 43.1 cm³/mol. The number of ether oxygens (including phenoxy) is 1. The molecule has 0 saturated carbocycles. The zero-order valence-corrected chi connectivity index (χ0v) is 15.3. The van der Waals surface area contributed by atoms with E-state index in [2.05, 4.69) is 4.74 Å². The maximum absolute atomic E-state index is 10.7. The molecule has 0 spiro atoms. The Morgan fingerprint density at radius 2 is 1.31 bits per heavy atom. The van der Waals surface area contributed by atoms with Crippen LogP contribution in [0, 0.1) is 0 Å². The summed E-state index contributed by atoms with van der Waals surface area (Å²) < 4.78 is 4.45. The number of hydrogen-bond acceptors (Lipinski definition) is 3. The van der Waals surface area contributed by atoms with Crippen LogP contribution in [0.1, 0.15) is 42.4 Å². The molecule has 0 aliphatic rings. The molecule has 13 heavy (non-hydrogen) atoms. The molecule has 0 unspecified atom stereocenters. The van der Waals surface area contributed by atoms with Crippen molar-refractivity contribution in [3.63, 3.8) is 0 Å². The van der Waals surface area contributed by atoms with Gasteiger partial charge in [-0.3, -0.25) is 9.59 Å². The van der Waals surface area contributed by atoms with Gasteiger partial charge in [-0.25, -0.2) is 0 Å². The third-order valence-electron chi connectivity index (χ3n) is 1.14. The molecule has 0 aromatic rings. The van der Waals surface area contributed by atoms with E-state index >= 15 is 0 Å². The van der Waals surface area contributed by atoms with Gasteiger partial charge in [0.2, 0.25) is 0 Å². The van der Waals surface area contributed by atoms with Gasteiger partial charge in [0.25, 0.3) is 0 Å². The summed E-state index contributed by atoms with van der Waals surface area (Å²) in [5.41, 5.74) is 0. The first kappa shape index (κ1) is 20.8. The van der Waals surface area contributed by atoms with Crippen molar-refractivity contribution < 1.29 is 120 Å². The number of carbonyl (C=O) groups is 2. The van der Waals surface area contributed by atoms with Crippen LogP contribution >= 0.6 is 0 Å². The van der Waals surface area contributed by atoms with E-state index in [9.17, 15) is 9.59 Å². The average molecular weight is 238 g/mol. The minimum Gasteiger partial charge on any atom is -1.00 e. The van der Waals surface area contributed by atoms with Gasteiger partial charge in [0.1, 0.15) is 0 Å². The molecular weight excluding hydrogens is 222 g/mol. The van der Waals surface area contributed by atoms with Crippen molar-refractivity contribution in [3.8, 4) is 0 Å². The minimum atomic E-state index is -0.411. The number of rotatable bonds is 4. The van der Waals surface area contributed by atoms with Crippen molar-refractivity contribution in [1.29, 1.82) is 0 Å². The standard InChI is InChI=1S/C8H14O3.2K.2H/c1-3-5-7(9)11-8(10)6-4-2;;;;/h3-6H2,1-2H3;;;;/q;2*+1;2*-1. The van der Waals surface area contributed by atoms with E-state index in [0.717, 1.165) is 12.8 Å². The van der Waals surface area contributed by atoms with Crippen LogP contribution < -0.4 is 103 Å². The van der Waals surface area contributed by atoms with E-state index < -0.39 is 11.9 Å². The SMILES string of the molecule is CCCC(=O)OC(=O)CCC.[H-].[H-].[K+].[K+]. The van der Waals surface area contributed by atoms with Crippen LogP contribution in [-0.4, -0.2) is 11.9 Å². The molecule has 0 amide bonds. The molecule has 0 aliphatic heterocycles. The summed E-state index contributed by atoms with van der Waals surface area (Å²) in [6.45, 7) is 3.73. The molecule has 0 N–H and O–H groups in total. The molecule has 0 bridgehead atoms. The third-order valence-corrected chi connectivity index (χ3v) is 1.14. The molecule has 0 heterocycles. The van der Waals surface area contributed by atoms with Gasteiger partial charge in [0.05, 0.1) is 0 Å². The van der Waals surface area contributed by atoms with Gasteiger partial charge in [0, 0.05) is 12.8 Å². The summed E-state index contributed by atoms with van der Waals surface area (Å²) in [6.07, 6.45) is 2.10. The van der Waals surface area contributed by atoms with Crippen molar-refractivity contribution in [2.45, 2.75) is 39.5 Å². The van der Waals surface area contributed by atoms with E-state index in [0.29, 0.717) is 12.8 Å². The number of hydrogen-bond donors (Lipinski definition) is 0. The monoisotopic (exact) mass is 238 g/mol. The Morgan fingerprint density at radius 1 is 1.00 bits per heavy atom. The smallest absolute Gasteiger partial charge is 1.00 e. The van der Waals surface area contributed by atoms with Crippen molar-refractivity contribution in [2.24, 2.45) is 0 Å². The summed E-state index contributed by atoms with van der Waals surface area (Å²) in [4.78, 5) is 21.4. The topological polar surface area (TPSA) is 43.4 Å². The fourth-order valence-electron chi connectivity index (χ4n) is 0.637. The maximum atomic E-state index is 10.7. The Hall–Kier alpha value is 2.41. The normalized spacial score (nSPS) is 7.85. The first-order valence-electron chi connectivity index (χ1n) is 3.94. The van der Waals surface area contributed by atoms with Crippen LogP contribution in [0.15, 0.2) is 0 Å². The van der Waals surface area contributed by atoms with Crippen LogP contribution in [0.4, 0.5) is 0 Å². The summed E-state index contributed by atoms with van der Waals surface area (Å²) >= 11 is 0. The van der Waals surface area contributed by atoms with E-state index in [1.54, 1.807) is 0 Å². The van der Waals surface area contributed by atoms with Gasteiger partial charge in [-0.15, -0.1) is 0 Å². The van der Waals surface area contributed by atoms with Crippen molar-refractivity contribution in [2.75, 3.05) is 0 Å². The van der Waals surface area contributed by atoms with Gasteiger partial charge < -0.3 is 7.59 Å². The second-order valence-corrected chi connectivity index (χ2v) is 2.35. The fraction of sp³-hybridized carbons (Fsp3) is 0.750. The van der Waals surface area contributed by atoms with Gasteiger partial charge in [-0.2, -0.15) is 0 Å². The molecule has 0 radical (unpaired) electrons. The number of esters is 2. The first-order chi connectivity index (χ1) is 5.20. The largest absolute Gasteiger partial charge is 1.00 e. The molecule has 0 aromatic carbocycles. The minimum absolute atomic E-state index is 0. The second kappa shape index (κ2) is 14.4. The molecule has 0 atom stereocenters. The fourth-order valence-corrected chi connectivity index (χ4v) is 0.637. The van der Waals surface area contributed by atoms with Crippen molar-refractivity contribution in [3.05, 3.63) is 0 Å². The maximum Gasteiger partial charge on any atom is 1.00 e. The molecule has 3 nitrogen and oxygen atoms in total. The average Bonchev–Trinajstić information content (AvgIpc) is 1.87. The zero-order chi connectivity index (χ0) is 8.69. The van der Waals surface area contributed by atoms with Crippen LogP contribution in [0.3, 0.4) is 0 Å². The molecule has 0 aliphatic carbocycles. The Balaban J connectivity index is -0.0000000833. The van der Waals surface area contributed by atoms with E-state index in [-0.39, 0.29) is 106 Å². The molecule has 0 rings (SSSR count). The molecule has 68 valence electrons. The Labute approximate surface area is 168 Å². The van der Waals surface area contributed by atoms with Gasteiger partial charge >= 0.3 is 115 Å². The summed E-state index contributed by atoms with van der Waals surface area (Å²) in [7, 11) is 0. The van der Waals surface area contributed by atoms with Gasteiger partial charge in [-0.05, 0) is 12.8 Å². The number of carbonyl (C=O) groups excluding carboxylic acids is 2.